The summed E-state index contributed by atoms with van der Waals surface area (Å²) >= 11 is 0. The number of nitrogens with zero attached hydrogens (tertiary/aromatic N) is 6. The quantitative estimate of drug-likeness (QED) is 0.258. The van der Waals surface area contributed by atoms with Gasteiger partial charge in [0.05, 0.1) is 28.8 Å². The number of imidazole rings is 1. The fourth-order valence-corrected chi connectivity index (χ4v) is 4.66. The Hall–Kier alpha value is -5.52. The molecular weight excluding hydrogens is 545 g/mol. The van der Waals surface area contributed by atoms with Crippen LogP contribution in [0.25, 0.3) is 33.7 Å². The first-order valence-corrected chi connectivity index (χ1v) is 12.8. The Morgan fingerprint density at radius 2 is 1.79 bits per heavy atom. The van der Waals surface area contributed by atoms with E-state index in [0.29, 0.717) is 28.7 Å². The molecule has 4 heterocycles. The fraction of sp³-hybridized carbons (Fsp3) is 0.100. The first-order chi connectivity index (χ1) is 20.0. The number of alkyl halides is 3. The number of anilines is 2. The van der Waals surface area contributed by atoms with Gasteiger partial charge in [-0.1, -0.05) is 6.07 Å². The Bertz CT molecular complexity index is 1980. The van der Waals surface area contributed by atoms with Crippen molar-refractivity contribution in [2.75, 3.05) is 11.1 Å². The van der Waals surface area contributed by atoms with Gasteiger partial charge in [-0.25, -0.2) is 15.0 Å². The standard InChI is InChI=1S/C30H23F3N8O/c1-17-3-4-22(39-29(42)20-7-21(30(31,32)33)9-23(8-20)40-14-18(2)38-16-40)10-24(17)25-11-26-19(13-35-25)5-6-41(26)28-12-27(34)36-15-37-28/h3-16H,1-2H3,(H,39,42)(H2,34,36,37). The van der Waals surface area contributed by atoms with Crippen LogP contribution in [-0.2, 0) is 6.18 Å². The predicted molar refractivity (Wildman–Crippen MR) is 153 cm³/mol. The molecule has 0 fully saturated rings. The average molecular weight is 569 g/mol. The van der Waals surface area contributed by atoms with Gasteiger partial charge < -0.3 is 20.2 Å². The Morgan fingerprint density at radius 3 is 2.52 bits per heavy atom. The van der Waals surface area contributed by atoms with Crippen LogP contribution in [0.5, 0.6) is 0 Å². The molecule has 2 aromatic carbocycles. The second kappa shape index (κ2) is 10.1. The number of hydrogen-bond donors (Lipinski definition) is 2. The van der Waals surface area contributed by atoms with Crippen LogP contribution in [0, 0.1) is 13.8 Å². The van der Waals surface area contributed by atoms with Gasteiger partial charge in [-0.05, 0) is 61.9 Å². The molecule has 0 bridgehead atoms. The summed E-state index contributed by atoms with van der Waals surface area (Å²) in [5.74, 6) is 0.245. The number of nitrogens with two attached hydrogens (primary N) is 1. The molecule has 3 N–H and O–H groups in total. The number of pyridine rings is 1. The summed E-state index contributed by atoms with van der Waals surface area (Å²) in [7, 11) is 0. The number of aryl methyl sites for hydroxylation is 2. The summed E-state index contributed by atoms with van der Waals surface area (Å²) in [5.41, 5.74) is 9.06. The maximum absolute atomic E-state index is 13.7. The van der Waals surface area contributed by atoms with Crippen molar-refractivity contribution in [3.63, 3.8) is 0 Å². The molecule has 4 aromatic heterocycles. The largest absolute Gasteiger partial charge is 0.416 e. The number of carbonyl (C=O) groups is 1. The van der Waals surface area contributed by atoms with Crippen LogP contribution >= 0.6 is 0 Å². The van der Waals surface area contributed by atoms with Crippen LogP contribution < -0.4 is 11.1 Å². The third-order valence-corrected chi connectivity index (χ3v) is 6.78. The maximum atomic E-state index is 13.7. The highest BCUT2D eigenvalue weighted by atomic mass is 19.4. The normalized spacial score (nSPS) is 11.6. The van der Waals surface area contributed by atoms with Gasteiger partial charge in [-0.2, -0.15) is 13.2 Å². The molecule has 42 heavy (non-hydrogen) atoms. The van der Waals surface area contributed by atoms with Crippen LogP contribution in [-0.4, -0.2) is 35.0 Å². The van der Waals surface area contributed by atoms with Crippen molar-refractivity contribution in [3.8, 4) is 22.8 Å². The van der Waals surface area contributed by atoms with E-state index in [0.717, 1.165) is 34.2 Å². The molecule has 210 valence electrons. The van der Waals surface area contributed by atoms with Gasteiger partial charge in [0.25, 0.3) is 5.91 Å². The van der Waals surface area contributed by atoms with E-state index in [-0.39, 0.29) is 11.3 Å². The number of nitrogens with one attached hydrogen (secondary N) is 1. The number of aromatic nitrogens is 6. The summed E-state index contributed by atoms with van der Waals surface area (Å²) < 4.78 is 44.4. The number of benzene rings is 2. The molecule has 0 radical (unpaired) electrons. The van der Waals surface area contributed by atoms with Gasteiger partial charge >= 0.3 is 6.18 Å². The number of hydrogen-bond acceptors (Lipinski definition) is 6. The minimum absolute atomic E-state index is 0.144. The zero-order valence-electron chi connectivity index (χ0n) is 22.4. The van der Waals surface area contributed by atoms with Crippen LogP contribution in [0.4, 0.5) is 24.7 Å². The minimum Gasteiger partial charge on any atom is -0.384 e. The average Bonchev–Trinajstić information content (AvgIpc) is 3.59. The lowest BCUT2D eigenvalue weighted by Crippen LogP contribution is -2.15. The molecule has 0 spiro atoms. The summed E-state index contributed by atoms with van der Waals surface area (Å²) in [5, 5.41) is 3.62. The zero-order valence-corrected chi connectivity index (χ0v) is 22.4. The van der Waals surface area contributed by atoms with E-state index in [1.807, 2.05) is 35.9 Å². The summed E-state index contributed by atoms with van der Waals surface area (Å²) in [6, 6.07) is 13.9. The number of fused-ring (bicyclic) bond motifs is 1. The molecule has 6 aromatic rings. The van der Waals surface area contributed by atoms with Crippen molar-refractivity contribution in [3.05, 3.63) is 108 Å². The van der Waals surface area contributed by atoms with Crippen molar-refractivity contribution in [1.82, 2.24) is 29.1 Å². The molecule has 0 saturated carbocycles. The lowest BCUT2D eigenvalue weighted by molar-refractivity contribution is -0.137. The number of amides is 1. The van der Waals surface area contributed by atoms with Crippen molar-refractivity contribution in [1.29, 1.82) is 0 Å². The van der Waals surface area contributed by atoms with E-state index in [9.17, 15) is 18.0 Å². The van der Waals surface area contributed by atoms with Crippen molar-refractivity contribution in [2.24, 2.45) is 0 Å². The molecule has 12 heteroatoms. The molecule has 9 nitrogen and oxygen atoms in total. The lowest BCUT2D eigenvalue weighted by Gasteiger charge is -2.14. The van der Waals surface area contributed by atoms with Crippen molar-refractivity contribution < 1.29 is 18.0 Å². The van der Waals surface area contributed by atoms with Crippen LogP contribution in [0.3, 0.4) is 0 Å². The minimum atomic E-state index is -4.64. The van der Waals surface area contributed by atoms with Crippen molar-refractivity contribution >= 4 is 28.3 Å². The maximum Gasteiger partial charge on any atom is 0.416 e. The van der Waals surface area contributed by atoms with Crippen molar-refractivity contribution in [2.45, 2.75) is 20.0 Å². The fourth-order valence-electron chi connectivity index (χ4n) is 4.66. The highest BCUT2D eigenvalue weighted by molar-refractivity contribution is 6.05. The van der Waals surface area contributed by atoms with Crippen LogP contribution in [0.15, 0.2) is 85.8 Å². The Kier molecular flexibility index (Phi) is 6.45. The van der Waals surface area contributed by atoms with E-state index in [1.54, 1.807) is 37.5 Å². The molecule has 0 aliphatic rings. The first-order valence-electron chi connectivity index (χ1n) is 12.8. The third-order valence-electron chi connectivity index (χ3n) is 6.78. The summed E-state index contributed by atoms with van der Waals surface area (Å²) in [6.07, 6.45) is 3.33. The topological polar surface area (TPSA) is 117 Å². The van der Waals surface area contributed by atoms with E-state index in [1.165, 1.54) is 23.3 Å². The summed E-state index contributed by atoms with van der Waals surface area (Å²) in [6.45, 7) is 3.63. The Balaban J connectivity index is 1.34. The van der Waals surface area contributed by atoms with E-state index < -0.39 is 17.6 Å². The smallest absolute Gasteiger partial charge is 0.384 e. The number of carbonyl (C=O) groups excluding carboxylic acids is 1. The lowest BCUT2D eigenvalue weighted by atomic mass is 10.0. The molecule has 0 aliphatic heterocycles. The second-order valence-electron chi connectivity index (χ2n) is 9.79. The van der Waals surface area contributed by atoms with Gasteiger partial charge in [-0.3, -0.25) is 9.78 Å². The van der Waals surface area contributed by atoms with Gasteiger partial charge in [0.15, 0.2) is 0 Å². The van der Waals surface area contributed by atoms with E-state index >= 15 is 0 Å². The number of nitrogen functional groups attached to an aromatic ring is 1. The van der Waals surface area contributed by atoms with Gasteiger partial charge in [0.1, 0.15) is 18.0 Å². The van der Waals surface area contributed by atoms with Crippen LogP contribution in [0.2, 0.25) is 0 Å². The number of rotatable bonds is 5. The van der Waals surface area contributed by atoms with Gasteiger partial charge in [0.2, 0.25) is 0 Å². The predicted octanol–water partition coefficient (Wildman–Crippen LogP) is 6.14. The first kappa shape index (κ1) is 26.7. The molecule has 0 atom stereocenters. The van der Waals surface area contributed by atoms with Gasteiger partial charge in [-0.15, -0.1) is 0 Å². The molecule has 0 aliphatic carbocycles. The summed E-state index contributed by atoms with van der Waals surface area (Å²) in [4.78, 5) is 30.2. The van der Waals surface area contributed by atoms with E-state index in [2.05, 4.69) is 25.3 Å². The monoisotopic (exact) mass is 568 g/mol. The SMILES string of the molecule is Cc1cn(-c2cc(C(=O)Nc3ccc(C)c(-c4cc5c(ccn5-c5cc(N)ncn5)cn4)c3)cc(C(F)(F)F)c2)cn1. The molecule has 0 saturated heterocycles. The molecular formula is C30H23F3N8O. The van der Waals surface area contributed by atoms with Gasteiger partial charge in [0, 0.05) is 52.5 Å². The van der Waals surface area contributed by atoms with Crippen LogP contribution in [0.1, 0.15) is 27.2 Å². The Labute approximate surface area is 237 Å². The number of halogens is 3. The molecule has 6 rings (SSSR count). The third kappa shape index (κ3) is 5.17. The van der Waals surface area contributed by atoms with E-state index in [4.69, 9.17) is 5.73 Å². The zero-order chi connectivity index (χ0) is 29.6. The Morgan fingerprint density at radius 1 is 0.952 bits per heavy atom. The second-order valence-corrected chi connectivity index (χ2v) is 9.79. The highest BCUT2D eigenvalue weighted by Gasteiger charge is 2.32. The highest BCUT2D eigenvalue weighted by Crippen LogP contribution is 2.33. The molecule has 0 unspecified atom stereocenters. The molecule has 1 amide bonds.